The second-order valence-corrected chi connectivity index (χ2v) is 5.60. The summed E-state index contributed by atoms with van der Waals surface area (Å²) >= 11 is 10.8. The fourth-order valence-corrected chi connectivity index (χ4v) is 2.24. The van der Waals surface area contributed by atoms with Crippen LogP contribution < -0.4 is 10.6 Å². The van der Waals surface area contributed by atoms with Crippen LogP contribution in [0.15, 0.2) is 12.3 Å². The molecule has 0 atom stereocenters. The van der Waals surface area contributed by atoms with Crippen LogP contribution in [0, 0.1) is 0 Å². The maximum Gasteiger partial charge on any atom is 0.417 e. The van der Waals surface area contributed by atoms with Crippen LogP contribution >= 0.6 is 23.8 Å². The zero-order valence-electron chi connectivity index (χ0n) is 10.5. The first-order valence-corrected chi connectivity index (χ1v) is 6.85. The minimum atomic E-state index is -4.45. The first-order valence-electron chi connectivity index (χ1n) is 6.06. The van der Waals surface area contributed by atoms with Crippen molar-refractivity contribution in [1.29, 1.82) is 0 Å². The molecule has 2 rings (SSSR count). The van der Waals surface area contributed by atoms with Gasteiger partial charge in [0, 0.05) is 25.2 Å². The highest BCUT2D eigenvalue weighted by atomic mass is 35.5. The Morgan fingerprint density at radius 3 is 2.60 bits per heavy atom. The van der Waals surface area contributed by atoms with Crippen molar-refractivity contribution in [1.82, 2.24) is 4.98 Å². The zero-order valence-corrected chi connectivity index (χ0v) is 12.0. The van der Waals surface area contributed by atoms with Crippen LogP contribution in [0.2, 0.25) is 5.02 Å². The van der Waals surface area contributed by atoms with Crippen molar-refractivity contribution in [2.24, 2.45) is 5.73 Å². The number of alkyl halides is 3. The van der Waals surface area contributed by atoms with Crippen molar-refractivity contribution in [3.63, 3.8) is 0 Å². The summed E-state index contributed by atoms with van der Waals surface area (Å²) in [6.07, 6.45) is -1.23. The van der Waals surface area contributed by atoms with Gasteiger partial charge in [0.25, 0.3) is 0 Å². The number of anilines is 1. The van der Waals surface area contributed by atoms with Gasteiger partial charge in [-0.1, -0.05) is 23.8 Å². The number of nitrogens with zero attached hydrogens (tertiary/aromatic N) is 2. The molecule has 2 N–H and O–H groups in total. The highest BCUT2D eigenvalue weighted by molar-refractivity contribution is 7.80. The zero-order chi connectivity index (χ0) is 14.9. The maximum atomic E-state index is 12.6. The molecule has 1 aromatic heterocycles. The molecular weight excluding hydrogens is 311 g/mol. The van der Waals surface area contributed by atoms with Crippen LogP contribution in [0.3, 0.4) is 0 Å². The number of halogens is 4. The van der Waals surface area contributed by atoms with E-state index in [0.29, 0.717) is 23.8 Å². The minimum absolute atomic E-state index is 0.00494. The molecule has 20 heavy (non-hydrogen) atoms. The third kappa shape index (κ3) is 3.73. The van der Waals surface area contributed by atoms with Gasteiger partial charge in [-0.25, -0.2) is 4.98 Å². The molecular formula is C12H13ClF3N3S. The van der Waals surface area contributed by atoms with Gasteiger partial charge in [-0.05, 0) is 18.9 Å². The molecule has 110 valence electrons. The lowest BCUT2D eigenvalue weighted by atomic mass is 10.2. The summed E-state index contributed by atoms with van der Waals surface area (Å²) in [6.45, 7) is 0.512. The van der Waals surface area contributed by atoms with Gasteiger partial charge in [-0.2, -0.15) is 13.2 Å². The van der Waals surface area contributed by atoms with E-state index in [1.54, 1.807) is 0 Å². The second-order valence-electron chi connectivity index (χ2n) is 4.67. The van der Waals surface area contributed by atoms with Crippen molar-refractivity contribution in [3.05, 3.63) is 22.8 Å². The van der Waals surface area contributed by atoms with Crippen LogP contribution in [-0.4, -0.2) is 22.6 Å². The lowest BCUT2D eigenvalue weighted by Gasteiger charge is -2.24. The average molecular weight is 324 g/mol. The number of pyridine rings is 1. The summed E-state index contributed by atoms with van der Waals surface area (Å²) in [5.74, 6) is 0.360. The number of aromatic nitrogens is 1. The van der Waals surface area contributed by atoms with Crippen molar-refractivity contribution in [2.45, 2.75) is 31.5 Å². The molecule has 0 amide bonds. The molecule has 0 spiro atoms. The molecule has 0 unspecified atom stereocenters. The summed E-state index contributed by atoms with van der Waals surface area (Å²) in [4.78, 5) is 6.11. The summed E-state index contributed by atoms with van der Waals surface area (Å²) in [5, 5.41) is -0.00494. The molecule has 0 bridgehead atoms. The molecule has 1 saturated carbocycles. The van der Waals surface area contributed by atoms with Crippen LogP contribution in [-0.2, 0) is 6.18 Å². The Labute approximate surface area is 124 Å². The number of rotatable bonds is 5. The van der Waals surface area contributed by atoms with Crippen LogP contribution in [0.1, 0.15) is 24.8 Å². The third-order valence-corrected chi connectivity index (χ3v) is 3.49. The van der Waals surface area contributed by atoms with E-state index in [1.165, 1.54) is 0 Å². The van der Waals surface area contributed by atoms with Crippen molar-refractivity contribution >= 4 is 34.6 Å². The topological polar surface area (TPSA) is 42.1 Å². The molecule has 8 heteroatoms. The van der Waals surface area contributed by atoms with Crippen molar-refractivity contribution in [3.8, 4) is 0 Å². The highest BCUT2D eigenvalue weighted by Gasteiger charge is 2.34. The van der Waals surface area contributed by atoms with E-state index in [4.69, 9.17) is 29.6 Å². The van der Waals surface area contributed by atoms with E-state index in [-0.39, 0.29) is 11.1 Å². The number of nitrogens with two attached hydrogens (primary N) is 1. The van der Waals surface area contributed by atoms with Gasteiger partial charge in [0.05, 0.1) is 15.6 Å². The first-order chi connectivity index (χ1) is 9.29. The fraction of sp³-hybridized carbons (Fsp3) is 0.500. The standard InChI is InChI=1S/C12H13ClF3N3S/c13-9-5-7(12(14,15)16)6-18-11(9)19(8-1-2-8)4-3-10(17)20/h5-6,8H,1-4H2,(H2,17,20). The second kappa shape index (κ2) is 5.73. The largest absolute Gasteiger partial charge is 0.417 e. The SMILES string of the molecule is NC(=S)CCN(c1ncc(C(F)(F)F)cc1Cl)C1CC1. The molecule has 0 aromatic carbocycles. The summed E-state index contributed by atoms with van der Waals surface area (Å²) < 4.78 is 37.7. The Bertz CT molecular complexity index is 517. The van der Waals surface area contributed by atoms with Gasteiger partial charge in [0.15, 0.2) is 0 Å². The molecule has 0 saturated heterocycles. The highest BCUT2D eigenvalue weighted by Crippen LogP contribution is 2.37. The molecule has 1 aromatic rings. The van der Waals surface area contributed by atoms with E-state index >= 15 is 0 Å². The third-order valence-electron chi connectivity index (χ3n) is 3.01. The van der Waals surface area contributed by atoms with Crippen molar-refractivity contribution in [2.75, 3.05) is 11.4 Å². The van der Waals surface area contributed by atoms with E-state index in [1.807, 2.05) is 4.90 Å². The summed E-state index contributed by atoms with van der Waals surface area (Å²) in [6, 6.07) is 1.16. The van der Waals surface area contributed by atoms with E-state index in [2.05, 4.69) is 4.98 Å². The molecule has 0 aliphatic heterocycles. The van der Waals surface area contributed by atoms with Gasteiger partial charge < -0.3 is 10.6 Å². The van der Waals surface area contributed by atoms with Crippen molar-refractivity contribution < 1.29 is 13.2 Å². The van der Waals surface area contributed by atoms with Crippen LogP contribution in [0.25, 0.3) is 0 Å². The summed E-state index contributed by atoms with van der Waals surface area (Å²) in [7, 11) is 0. The predicted molar refractivity (Wildman–Crippen MR) is 76.0 cm³/mol. The molecule has 1 fully saturated rings. The smallest absolute Gasteiger partial charge is 0.393 e. The molecule has 1 aliphatic carbocycles. The Kier molecular flexibility index (Phi) is 4.39. The van der Waals surface area contributed by atoms with E-state index < -0.39 is 11.7 Å². The summed E-state index contributed by atoms with van der Waals surface area (Å²) in [5.41, 5.74) is 4.61. The molecule has 1 heterocycles. The lowest BCUT2D eigenvalue weighted by molar-refractivity contribution is -0.137. The van der Waals surface area contributed by atoms with E-state index in [9.17, 15) is 13.2 Å². The number of thiocarbonyl (C=S) groups is 1. The normalized spacial score (nSPS) is 15.2. The fourth-order valence-electron chi connectivity index (χ4n) is 1.88. The number of hydrogen-bond acceptors (Lipinski definition) is 3. The van der Waals surface area contributed by atoms with Crippen LogP contribution in [0.4, 0.5) is 19.0 Å². The predicted octanol–water partition coefficient (Wildman–Crippen LogP) is 3.40. The Balaban J connectivity index is 2.23. The van der Waals surface area contributed by atoms with E-state index in [0.717, 1.165) is 25.1 Å². The van der Waals surface area contributed by atoms with Gasteiger partial charge in [-0.3, -0.25) is 0 Å². The van der Waals surface area contributed by atoms with Gasteiger partial charge in [0.1, 0.15) is 5.82 Å². The molecule has 0 radical (unpaired) electrons. The van der Waals surface area contributed by atoms with Gasteiger partial charge in [-0.15, -0.1) is 0 Å². The number of hydrogen-bond donors (Lipinski definition) is 1. The Morgan fingerprint density at radius 2 is 2.15 bits per heavy atom. The Hall–Kier alpha value is -1.08. The quantitative estimate of drug-likeness (QED) is 0.843. The molecule has 3 nitrogen and oxygen atoms in total. The van der Waals surface area contributed by atoms with Gasteiger partial charge in [0.2, 0.25) is 0 Å². The average Bonchev–Trinajstić information content (AvgIpc) is 3.13. The Morgan fingerprint density at radius 1 is 1.50 bits per heavy atom. The maximum absolute atomic E-state index is 12.6. The lowest BCUT2D eigenvalue weighted by Crippen LogP contribution is -2.30. The minimum Gasteiger partial charge on any atom is -0.393 e. The van der Waals surface area contributed by atoms with Crippen LogP contribution in [0.5, 0.6) is 0 Å². The first kappa shape index (κ1) is 15.3. The molecule has 1 aliphatic rings. The monoisotopic (exact) mass is 323 g/mol. The van der Waals surface area contributed by atoms with Gasteiger partial charge >= 0.3 is 6.18 Å².